The number of benzene rings is 1. The molecule has 5 rings (SSSR count). The Kier molecular flexibility index (Phi) is 4.59. The van der Waals surface area contributed by atoms with Gasteiger partial charge in [0.05, 0.1) is 23.7 Å². The molecule has 158 valence electrons. The van der Waals surface area contributed by atoms with Crippen molar-refractivity contribution in [3.63, 3.8) is 0 Å². The number of H-pyrrole nitrogens is 1. The van der Waals surface area contributed by atoms with E-state index in [1.807, 2.05) is 22.8 Å². The molecule has 8 nitrogen and oxygen atoms in total. The zero-order valence-electron chi connectivity index (χ0n) is 17.5. The van der Waals surface area contributed by atoms with Crippen molar-refractivity contribution in [2.75, 3.05) is 5.32 Å². The minimum Gasteiger partial charge on any atom is -0.386 e. The van der Waals surface area contributed by atoms with Crippen molar-refractivity contribution in [2.24, 2.45) is 0 Å². The van der Waals surface area contributed by atoms with E-state index < -0.39 is 5.60 Å². The van der Waals surface area contributed by atoms with Crippen molar-refractivity contribution in [3.05, 3.63) is 76.9 Å². The summed E-state index contributed by atoms with van der Waals surface area (Å²) in [6, 6.07) is 10.7. The molecule has 3 aromatic heterocycles. The van der Waals surface area contributed by atoms with Crippen LogP contribution >= 0.6 is 0 Å². The number of amides is 1. The van der Waals surface area contributed by atoms with Gasteiger partial charge in [-0.1, -0.05) is 12.1 Å². The Balaban J connectivity index is 1.42. The summed E-state index contributed by atoms with van der Waals surface area (Å²) in [6.07, 6.45) is 6.39. The number of aromatic nitrogens is 5. The van der Waals surface area contributed by atoms with Crippen LogP contribution in [0.1, 0.15) is 59.1 Å². The minimum absolute atomic E-state index is 0.245. The fourth-order valence-electron chi connectivity index (χ4n) is 4.18. The van der Waals surface area contributed by atoms with Gasteiger partial charge in [0, 0.05) is 29.3 Å². The average Bonchev–Trinajstić information content (AvgIpc) is 3.41. The van der Waals surface area contributed by atoms with E-state index in [2.05, 4.69) is 25.6 Å². The molecular weight excluding hydrogens is 392 g/mol. The van der Waals surface area contributed by atoms with Gasteiger partial charge in [-0.2, -0.15) is 10.2 Å². The predicted octanol–water partition coefficient (Wildman–Crippen LogP) is 3.20. The maximum Gasteiger partial charge on any atom is 0.256 e. The first-order valence-corrected chi connectivity index (χ1v) is 10.4. The Labute approximate surface area is 179 Å². The number of fused-ring (bicyclic) bond motifs is 2. The highest BCUT2D eigenvalue weighted by Crippen LogP contribution is 2.32. The molecule has 0 saturated carbocycles. The molecule has 0 aliphatic heterocycles. The third-order valence-corrected chi connectivity index (χ3v) is 5.92. The second-order valence-corrected chi connectivity index (χ2v) is 8.57. The van der Waals surface area contributed by atoms with Gasteiger partial charge in [0.1, 0.15) is 5.82 Å². The zero-order chi connectivity index (χ0) is 21.6. The molecule has 1 amide bonds. The normalized spacial score (nSPS) is 16.3. The van der Waals surface area contributed by atoms with E-state index in [4.69, 9.17) is 0 Å². The first kappa shape index (κ1) is 19.4. The third kappa shape index (κ3) is 3.70. The molecule has 31 heavy (non-hydrogen) atoms. The molecule has 0 radical (unpaired) electrons. The average molecular weight is 416 g/mol. The topological polar surface area (TPSA) is 108 Å². The van der Waals surface area contributed by atoms with Crippen molar-refractivity contribution in [1.82, 2.24) is 24.8 Å². The first-order valence-electron chi connectivity index (χ1n) is 10.4. The summed E-state index contributed by atoms with van der Waals surface area (Å²) in [6.45, 7) is 3.43. The number of nitrogens with zero attached hydrogens (tertiary/aromatic N) is 4. The Morgan fingerprint density at radius 1 is 1.26 bits per heavy atom. The summed E-state index contributed by atoms with van der Waals surface area (Å²) in [5.41, 5.74) is 4.45. The predicted molar refractivity (Wildman–Crippen MR) is 116 cm³/mol. The summed E-state index contributed by atoms with van der Waals surface area (Å²) >= 11 is 0. The summed E-state index contributed by atoms with van der Waals surface area (Å²) in [5, 5.41) is 24.7. The number of anilines is 1. The van der Waals surface area contributed by atoms with Gasteiger partial charge in [0.2, 0.25) is 0 Å². The van der Waals surface area contributed by atoms with Gasteiger partial charge in [-0.25, -0.2) is 9.50 Å². The standard InChI is InChI=1S/C23H24N6O2/c1-23(2,31)17-6-3-14(4-7-17)22(30)27-20-12-19(29-21(26-20)9-10-25-29)15-5-8-18-16(11-15)13-24-28-18/h3-4,6-7,9-10,12-13,15,31H,5,8,11H2,1-2H3,(H,24,28)(H,26,27,30). The Bertz CT molecular complexity index is 1250. The van der Waals surface area contributed by atoms with Gasteiger partial charge in [-0.3, -0.25) is 9.89 Å². The van der Waals surface area contributed by atoms with Gasteiger partial charge >= 0.3 is 0 Å². The molecule has 3 N–H and O–H groups in total. The lowest BCUT2D eigenvalue weighted by atomic mass is 9.85. The van der Waals surface area contributed by atoms with Gasteiger partial charge in [-0.05, 0) is 56.4 Å². The van der Waals surface area contributed by atoms with E-state index in [0.29, 0.717) is 17.0 Å². The number of aryl methyl sites for hydroxylation is 1. The number of rotatable bonds is 4. The monoisotopic (exact) mass is 416 g/mol. The maximum atomic E-state index is 12.8. The van der Waals surface area contributed by atoms with Crippen molar-refractivity contribution in [2.45, 2.75) is 44.6 Å². The van der Waals surface area contributed by atoms with Crippen molar-refractivity contribution in [1.29, 1.82) is 0 Å². The molecular formula is C23H24N6O2. The highest BCUT2D eigenvalue weighted by atomic mass is 16.3. The quantitative estimate of drug-likeness (QED) is 0.473. The second-order valence-electron chi connectivity index (χ2n) is 8.57. The lowest BCUT2D eigenvalue weighted by molar-refractivity contribution is 0.0785. The van der Waals surface area contributed by atoms with Crippen LogP contribution in [0, 0.1) is 0 Å². The van der Waals surface area contributed by atoms with Crippen molar-refractivity contribution < 1.29 is 9.90 Å². The van der Waals surface area contributed by atoms with E-state index in [1.165, 1.54) is 11.3 Å². The Morgan fingerprint density at radius 3 is 2.84 bits per heavy atom. The fourth-order valence-corrected chi connectivity index (χ4v) is 4.18. The van der Waals surface area contributed by atoms with Crippen LogP contribution in [0.5, 0.6) is 0 Å². The molecule has 0 saturated heterocycles. The highest BCUT2D eigenvalue weighted by molar-refractivity contribution is 6.03. The van der Waals surface area contributed by atoms with E-state index in [9.17, 15) is 9.90 Å². The number of hydrogen-bond donors (Lipinski definition) is 3. The Hall–Kier alpha value is -3.52. The van der Waals surface area contributed by atoms with Crippen LogP contribution in [-0.4, -0.2) is 35.8 Å². The minimum atomic E-state index is -0.951. The van der Waals surface area contributed by atoms with Crippen LogP contribution in [0.25, 0.3) is 5.65 Å². The van der Waals surface area contributed by atoms with Gasteiger partial charge in [-0.15, -0.1) is 0 Å². The first-order chi connectivity index (χ1) is 14.9. The summed E-state index contributed by atoms with van der Waals surface area (Å²) < 4.78 is 1.85. The smallest absolute Gasteiger partial charge is 0.256 e. The molecule has 0 fully saturated rings. The SMILES string of the molecule is CC(C)(O)c1ccc(C(=O)Nc2cc(C3CCc4[nH]ncc4C3)n3nccc3n2)cc1. The molecule has 1 aliphatic rings. The van der Waals surface area contributed by atoms with Gasteiger partial charge in [0.25, 0.3) is 5.91 Å². The number of aromatic amines is 1. The molecule has 0 spiro atoms. The van der Waals surface area contributed by atoms with Gasteiger partial charge in [0.15, 0.2) is 5.65 Å². The van der Waals surface area contributed by atoms with Crippen molar-refractivity contribution >= 4 is 17.4 Å². The summed E-state index contributed by atoms with van der Waals surface area (Å²) in [7, 11) is 0. The van der Waals surface area contributed by atoms with E-state index in [-0.39, 0.29) is 11.8 Å². The molecule has 1 unspecified atom stereocenters. The molecule has 1 atom stereocenters. The number of hydrogen-bond acceptors (Lipinski definition) is 5. The third-order valence-electron chi connectivity index (χ3n) is 5.92. The van der Waals surface area contributed by atoms with Crippen LogP contribution in [0.15, 0.2) is 48.8 Å². The molecule has 8 heteroatoms. The van der Waals surface area contributed by atoms with E-state index in [0.717, 1.165) is 30.5 Å². The van der Waals surface area contributed by atoms with Crippen LogP contribution in [0.4, 0.5) is 5.82 Å². The highest BCUT2D eigenvalue weighted by Gasteiger charge is 2.25. The van der Waals surface area contributed by atoms with Crippen molar-refractivity contribution in [3.8, 4) is 0 Å². The second kappa shape index (κ2) is 7.31. The number of carbonyl (C=O) groups is 1. The summed E-state index contributed by atoms with van der Waals surface area (Å²) in [4.78, 5) is 17.4. The van der Waals surface area contributed by atoms with Crippen LogP contribution in [0.3, 0.4) is 0 Å². The maximum absolute atomic E-state index is 12.8. The van der Waals surface area contributed by atoms with Crippen LogP contribution in [0.2, 0.25) is 0 Å². The Morgan fingerprint density at radius 2 is 2.06 bits per heavy atom. The molecule has 4 aromatic rings. The largest absolute Gasteiger partial charge is 0.386 e. The van der Waals surface area contributed by atoms with Crippen LogP contribution in [-0.2, 0) is 18.4 Å². The number of nitrogens with one attached hydrogen (secondary N) is 2. The fraction of sp³-hybridized carbons (Fsp3) is 0.304. The van der Waals surface area contributed by atoms with E-state index in [1.54, 1.807) is 44.3 Å². The summed E-state index contributed by atoms with van der Waals surface area (Å²) in [5.74, 6) is 0.514. The molecule has 1 aliphatic carbocycles. The van der Waals surface area contributed by atoms with Crippen LogP contribution < -0.4 is 5.32 Å². The lowest BCUT2D eigenvalue weighted by Gasteiger charge is -2.23. The van der Waals surface area contributed by atoms with E-state index >= 15 is 0 Å². The zero-order valence-corrected chi connectivity index (χ0v) is 17.5. The molecule has 3 heterocycles. The lowest BCUT2D eigenvalue weighted by Crippen LogP contribution is -2.19. The van der Waals surface area contributed by atoms with Gasteiger partial charge < -0.3 is 10.4 Å². The molecule has 0 bridgehead atoms. The number of carbonyl (C=O) groups excluding carboxylic acids is 1. The number of aliphatic hydroxyl groups is 1. The molecule has 1 aromatic carbocycles.